The predicted octanol–water partition coefficient (Wildman–Crippen LogP) is 3.23. The van der Waals surface area contributed by atoms with Crippen LogP contribution in [0.25, 0.3) is 0 Å². The molecule has 0 unspecified atom stereocenters. The molecule has 136 valence electrons. The quantitative estimate of drug-likeness (QED) is 0.783. The maximum absolute atomic E-state index is 11.7. The smallest absolute Gasteiger partial charge is 0.475 e. The minimum absolute atomic E-state index is 0.00949. The fourth-order valence-electron chi connectivity index (χ4n) is 1.83. The Hall–Kier alpha value is -2.84. The summed E-state index contributed by atoms with van der Waals surface area (Å²) >= 11 is 0. The number of aliphatic carboxylic acids is 1. The molecule has 0 aliphatic rings. The molecule has 0 aliphatic heterocycles. The lowest BCUT2D eigenvalue weighted by atomic mass is 10.0. The van der Waals surface area contributed by atoms with Crippen molar-refractivity contribution in [2.75, 3.05) is 5.32 Å². The summed E-state index contributed by atoms with van der Waals surface area (Å²) in [7, 11) is 0. The number of aromatic amines is 1. The average molecular weight is 357 g/mol. The third-order valence-electron chi connectivity index (χ3n) is 3.10. The molecular formula is C16H18F3N3O3. The van der Waals surface area contributed by atoms with Gasteiger partial charge in [-0.15, -0.1) is 0 Å². The van der Waals surface area contributed by atoms with Crippen LogP contribution in [0.5, 0.6) is 0 Å². The zero-order chi connectivity index (χ0) is 19.0. The molecule has 3 N–H and O–H groups in total. The second-order valence-corrected chi connectivity index (χ2v) is 5.21. The first kappa shape index (κ1) is 20.2. The van der Waals surface area contributed by atoms with Gasteiger partial charge in [0.05, 0.1) is 0 Å². The van der Waals surface area contributed by atoms with E-state index >= 15 is 0 Å². The summed E-state index contributed by atoms with van der Waals surface area (Å²) in [6.45, 7) is 3.96. The Kier molecular flexibility index (Phi) is 7.16. The number of aromatic nitrogens is 2. The van der Waals surface area contributed by atoms with Crippen molar-refractivity contribution in [1.29, 1.82) is 0 Å². The van der Waals surface area contributed by atoms with Crippen LogP contribution in [0.3, 0.4) is 0 Å². The van der Waals surface area contributed by atoms with Crippen LogP contribution in [0.1, 0.15) is 23.2 Å². The van der Waals surface area contributed by atoms with Crippen LogP contribution in [0.4, 0.5) is 19.0 Å². The van der Waals surface area contributed by atoms with E-state index in [0.717, 1.165) is 12.1 Å². The first-order chi connectivity index (χ1) is 11.6. The number of nitrogens with one attached hydrogen (secondary N) is 2. The van der Waals surface area contributed by atoms with Gasteiger partial charge < -0.3 is 10.4 Å². The maximum Gasteiger partial charge on any atom is 0.490 e. The maximum atomic E-state index is 11.7. The molecule has 0 fully saturated rings. The van der Waals surface area contributed by atoms with Gasteiger partial charge in [-0.2, -0.15) is 18.3 Å². The van der Waals surface area contributed by atoms with Gasteiger partial charge in [0.25, 0.3) is 0 Å². The zero-order valence-electron chi connectivity index (χ0n) is 13.6. The Labute approximate surface area is 142 Å². The molecule has 0 radical (unpaired) electrons. The SMILES string of the molecule is Cc1cc(NC(=O)CCc2ccccc2C)n[nH]1.O=C(O)C(F)(F)F. The van der Waals surface area contributed by atoms with Crippen LogP contribution >= 0.6 is 0 Å². The summed E-state index contributed by atoms with van der Waals surface area (Å²) in [6, 6.07) is 9.93. The number of carbonyl (C=O) groups is 2. The Morgan fingerprint density at radius 2 is 1.84 bits per heavy atom. The number of amides is 1. The van der Waals surface area contributed by atoms with E-state index in [-0.39, 0.29) is 5.91 Å². The highest BCUT2D eigenvalue weighted by molar-refractivity contribution is 5.89. The summed E-state index contributed by atoms with van der Waals surface area (Å²) < 4.78 is 31.7. The van der Waals surface area contributed by atoms with Gasteiger partial charge in [-0.25, -0.2) is 4.79 Å². The van der Waals surface area contributed by atoms with Crippen LogP contribution in [-0.2, 0) is 16.0 Å². The van der Waals surface area contributed by atoms with E-state index in [1.165, 1.54) is 11.1 Å². The fourth-order valence-corrected chi connectivity index (χ4v) is 1.83. The zero-order valence-corrected chi connectivity index (χ0v) is 13.6. The molecule has 25 heavy (non-hydrogen) atoms. The lowest BCUT2D eigenvalue weighted by Gasteiger charge is -2.05. The third kappa shape index (κ3) is 7.51. The molecule has 9 heteroatoms. The highest BCUT2D eigenvalue weighted by atomic mass is 19.4. The van der Waals surface area contributed by atoms with E-state index in [4.69, 9.17) is 9.90 Å². The number of hydrogen-bond donors (Lipinski definition) is 3. The molecule has 0 spiro atoms. The van der Waals surface area contributed by atoms with Gasteiger partial charge >= 0.3 is 12.1 Å². The topological polar surface area (TPSA) is 95.1 Å². The molecular weight excluding hydrogens is 339 g/mol. The molecule has 1 aromatic heterocycles. The molecule has 1 amide bonds. The Bertz CT molecular complexity index is 727. The van der Waals surface area contributed by atoms with Crippen LogP contribution in [0, 0.1) is 13.8 Å². The summed E-state index contributed by atoms with van der Waals surface area (Å²) in [5, 5.41) is 16.7. The fraction of sp³-hybridized carbons (Fsp3) is 0.312. The number of aryl methyl sites for hydroxylation is 3. The number of rotatable bonds is 4. The number of alkyl halides is 3. The molecule has 0 aliphatic carbocycles. The number of halogens is 3. The van der Waals surface area contributed by atoms with Crippen LogP contribution in [-0.4, -0.2) is 33.4 Å². The van der Waals surface area contributed by atoms with Gasteiger partial charge in [-0.1, -0.05) is 24.3 Å². The van der Waals surface area contributed by atoms with Gasteiger partial charge in [0.2, 0.25) is 5.91 Å². The number of nitrogens with zero attached hydrogens (tertiary/aromatic N) is 1. The Morgan fingerprint density at radius 1 is 1.24 bits per heavy atom. The first-order valence-corrected chi connectivity index (χ1v) is 7.26. The first-order valence-electron chi connectivity index (χ1n) is 7.26. The summed E-state index contributed by atoms with van der Waals surface area (Å²) in [4.78, 5) is 20.6. The van der Waals surface area contributed by atoms with Crippen LogP contribution in [0.15, 0.2) is 30.3 Å². The number of carboxylic acids is 1. The van der Waals surface area contributed by atoms with Crippen molar-refractivity contribution in [3.8, 4) is 0 Å². The minimum atomic E-state index is -5.08. The highest BCUT2D eigenvalue weighted by Gasteiger charge is 2.38. The van der Waals surface area contributed by atoms with Crippen molar-refractivity contribution in [3.05, 3.63) is 47.2 Å². The molecule has 6 nitrogen and oxygen atoms in total. The van der Waals surface area contributed by atoms with Gasteiger partial charge in [0.1, 0.15) is 0 Å². The van der Waals surface area contributed by atoms with E-state index in [9.17, 15) is 18.0 Å². The molecule has 1 aromatic carbocycles. The second kappa shape index (κ2) is 8.86. The molecule has 0 atom stereocenters. The molecule has 0 saturated heterocycles. The van der Waals surface area contributed by atoms with Crippen molar-refractivity contribution in [2.45, 2.75) is 32.9 Å². The van der Waals surface area contributed by atoms with Gasteiger partial charge in [-0.05, 0) is 31.4 Å². The lowest BCUT2D eigenvalue weighted by Crippen LogP contribution is -2.21. The van der Waals surface area contributed by atoms with Crippen LogP contribution in [0.2, 0.25) is 0 Å². The normalized spacial score (nSPS) is 10.6. The summed E-state index contributed by atoms with van der Waals surface area (Å²) in [5.74, 6) is -2.18. The van der Waals surface area contributed by atoms with Crippen molar-refractivity contribution in [3.63, 3.8) is 0 Å². The van der Waals surface area contributed by atoms with Crippen molar-refractivity contribution >= 4 is 17.7 Å². The molecule has 2 aromatic rings. The van der Waals surface area contributed by atoms with Gasteiger partial charge in [0, 0.05) is 18.2 Å². The largest absolute Gasteiger partial charge is 0.490 e. The standard InChI is InChI=1S/C14H17N3O.C2HF3O2/c1-10-5-3-4-6-12(10)7-8-14(18)15-13-9-11(2)16-17-13;3-2(4,5)1(6)7/h3-6,9H,7-8H2,1-2H3,(H2,15,16,17,18);(H,6,7). The molecule has 1 heterocycles. The number of hydrogen-bond acceptors (Lipinski definition) is 3. The van der Waals surface area contributed by atoms with Crippen molar-refractivity contribution < 1.29 is 27.9 Å². The average Bonchev–Trinajstić information content (AvgIpc) is 2.91. The monoisotopic (exact) mass is 357 g/mol. The summed E-state index contributed by atoms with van der Waals surface area (Å²) in [6.07, 6.45) is -3.86. The van der Waals surface area contributed by atoms with E-state index in [2.05, 4.69) is 34.6 Å². The highest BCUT2D eigenvalue weighted by Crippen LogP contribution is 2.13. The van der Waals surface area contributed by atoms with E-state index in [1.54, 1.807) is 0 Å². The van der Waals surface area contributed by atoms with E-state index < -0.39 is 12.1 Å². The van der Waals surface area contributed by atoms with Gasteiger partial charge in [-0.3, -0.25) is 9.89 Å². The van der Waals surface area contributed by atoms with E-state index in [0.29, 0.717) is 12.2 Å². The molecule has 0 saturated carbocycles. The predicted molar refractivity (Wildman–Crippen MR) is 85.1 cm³/mol. The Morgan fingerprint density at radius 3 is 2.32 bits per heavy atom. The third-order valence-corrected chi connectivity index (χ3v) is 3.10. The number of H-pyrrole nitrogens is 1. The van der Waals surface area contributed by atoms with Crippen molar-refractivity contribution in [1.82, 2.24) is 10.2 Å². The molecule has 2 rings (SSSR count). The van der Waals surface area contributed by atoms with Gasteiger partial charge in [0.15, 0.2) is 5.82 Å². The van der Waals surface area contributed by atoms with Crippen molar-refractivity contribution in [2.24, 2.45) is 0 Å². The Balaban J connectivity index is 0.000000381. The minimum Gasteiger partial charge on any atom is -0.475 e. The number of benzene rings is 1. The van der Waals surface area contributed by atoms with Crippen LogP contribution < -0.4 is 5.32 Å². The summed E-state index contributed by atoms with van der Waals surface area (Å²) in [5.41, 5.74) is 3.37. The number of anilines is 1. The lowest BCUT2D eigenvalue weighted by molar-refractivity contribution is -0.192. The number of carboxylic acid groups (broad SMARTS) is 1. The molecule has 0 bridgehead atoms. The number of carbonyl (C=O) groups excluding carboxylic acids is 1. The van der Waals surface area contributed by atoms with E-state index in [1.807, 2.05) is 25.1 Å². The second-order valence-electron chi connectivity index (χ2n) is 5.21.